The molecule has 0 spiro atoms. The average molecular weight is 796 g/mol. The van der Waals surface area contributed by atoms with Crippen molar-refractivity contribution in [3.8, 4) is 22.8 Å². The van der Waals surface area contributed by atoms with Crippen LogP contribution in [0.15, 0.2) is 85.5 Å². The Bertz CT molecular complexity index is 2520. The minimum Gasteiger partial charge on any atom is -0.488 e. The van der Waals surface area contributed by atoms with Crippen molar-refractivity contribution in [2.45, 2.75) is 69.0 Å². The molecular weight excluding hydrogens is 751 g/mol. The van der Waals surface area contributed by atoms with Gasteiger partial charge in [0.2, 0.25) is 17.7 Å². The van der Waals surface area contributed by atoms with Crippen LogP contribution < -0.4 is 14.8 Å². The zero-order valence-electron chi connectivity index (χ0n) is 32.8. The number of imide groups is 1. The number of hydrogen-bond donors (Lipinski definition) is 1. The van der Waals surface area contributed by atoms with Crippen molar-refractivity contribution < 1.29 is 33.4 Å². The van der Waals surface area contributed by atoms with Crippen LogP contribution in [0.3, 0.4) is 0 Å². The first-order valence-corrected chi connectivity index (χ1v) is 20.4. The number of carbonyl (C=O) groups excluding carboxylic acids is 4. The molecule has 10 rings (SSSR count). The van der Waals surface area contributed by atoms with Crippen molar-refractivity contribution in [2.75, 3.05) is 32.7 Å². The molecule has 14 heteroatoms. The lowest BCUT2D eigenvalue weighted by atomic mass is 9.91. The third-order valence-corrected chi connectivity index (χ3v) is 12.5. The molecule has 302 valence electrons. The SMILES string of the molecule is C=C1CCC(N2C(=O)c3ccc(OC4CN(CC(=O)N5CCC(OC6CC(Oc7ccc(-c8ccc9c%10cnccc%10n(C)c9c8)cn7)C6)CC5)C4)cc3C2=O)C(=O)N1. The van der Waals surface area contributed by atoms with E-state index in [1.54, 1.807) is 18.2 Å². The number of allylic oxidation sites excluding steroid dienone is 1. The quantitative estimate of drug-likeness (QED) is 0.195. The number of likely N-dealkylation sites (tertiary alicyclic amines) is 2. The summed E-state index contributed by atoms with van der Waals surface area (Å²) in [5.74, 6) is -0.177. The lowest BCUT2D eigenvalue weighted by Crippen LogP contribution is -2.57. The first-order valence-electron chi connectivity index (χ1n) is 20.4. The van der Waals surface area contributed by atoms with E-state index < -0.39 is 23.8 Å². The summed E-state index contributed by atoms with van der Waals surface area (Å²) in [5.41, 5.74) is 5.52. The molecule has 1 unspecified atom stereocenters. The number of piperidine rings is 2. The Morgan fingerprint density at radius 3 is 2.39 bits per heavy atom. The second-order valence-corrected chi connectivity index (χ2v) is 16.4. The van der Waals surface area contributed by atoms with Crippen LogP contribution >= 0.6 is 0 Å². The summed E-state index contributed by atoms with van der Waals surface area (Å²) in [7, 11) is 2.08. The maximum Gasteiger partial charge on any atom is 0.262 e. The highest BCUT2D eigenvalue weighted by atomic mass is 16.5. The van der Waals surface area contributed by atoms with Gasteiger partial charge in [-0.1, -0.05) is 18.7 Å². The Hall–Kier alpha value is -6.12. The summed E-state index contributed by atoms with van der Waals surface area (Å²) < 4.78 is 20.9. The summed E-state index contributed by atoms with van der Waals surface area (Å²) >= 11 is 0. The molecule has 7 heterocycles. The smallest absolute Gasteiger partial charge is 0.262 e. The molecule has 4 amide bonds. The molecule has 4 fully saturated rings. The van der Waals surface area contributed by atoms with Crippen LogP contribution in [0.25, 0.3) is 32.9 Å². The van der Waals surface area contributed by atoms with Crippen LogP contribution in [0.5, 0.6) is 11.6 Å². The predicted octanol–water partition coefficient (Wildman–Crippen LogP) is 4.86. The number of hydrogen-bond acceptors (Lipinski definition) is 10. The van der Waals surface area contributed by atoms with Gasteiger partial charge in [-0.25, -0.2) is 4.98 Å². The van der Waals surface area contributed by atoms with Crippen molar-refractivity contribution >= 4 is 45.4 Å². The average Bonchev–Trinajstić information content (AvgIpc) is 3.64. The molecule has 3 saturated heterocycles. The Labute approximate surface area is 340 Å². The van der Waals surface area contributed by atoms with E-state index in [2.05, 4.69) is 62.6 Å². The van der Waals surface area contributed by atoms with Crippen LogP contribution in [0.2, 0.25) is 0 Å². The number of pyridine rings is 2. The number of rotatable bonds is 10. The second-order valence-electron chi connectivity index (χ2n) is 16.4. The Kier molecular flexibility index (Phi) is 9.40. The maximum absolute atomic E-state index is 13.2. The summed E-state index contributed by atoms with van der Waals surface area (Å²) in [4.78, 5) is 65.9. The van der Waals surface area contributed by atoms with Gasteiger partial charge in [-0.2, -0.15) is 0 Å². The zero-order chi connectivity index (χ0) is 40.4. The van der Waals surface area contributed by atoms with E-state index in [9.17, 15) is 19.2 Å². The van der Waals surface area contributed by atoms with Gasteiger partial charge in [-0.3, -0.25) is 34.0 Å². The van der Waals surface area contributed by atoms with E-state index in [4.69, 9.17) is 14.2 Å². The van der Waals surface area contributed by atoms with Crippen LogP contribution in [-0.2, 0) is 21.4 Å². The molecule has 3 aromatic heterocycles. The normalized spacial score (nSPS) is 22.7. The number of amides is 4. The Balaban J connectivity index is 0.633. The van der Waals surface area contributed by atoms with Crippen molar-refractivity contribution in [1.29, 1.82) is 0 Å². The number of aryl methyl sites for hydroxylation is 1. The van der Waals surface area contributed by atoms with Gasteiger partial charge in [0.25, 0.3) is 11.8 Å². The van der Waals surface area contributed by atoms with Gasteiger partial charge in [0, 0.05) is 98.3 Å². The molecule has 5 aliphatic rings. The molecule has 1 aliphatic carbocycles. The highest BCUT2D eigenvalue weighted by molar-refractivity contribution is 6.23. The standard InChI is InChI=1S/C45H45N7O7/c1-26-3-9-39(43(54)48-26)52-44(55)35-8-6-30(20-36(35)45(52)56)58-33-23-50(24-33)25-42(53)51-15-12-29(13-16-51)57-31-18-32(19-31)59-41-10-5-28(21-47-41)27-4-7-34-37-22-46-14-11-38(37)49(2)40(34)17-27/h4-8,10-11,14,17,20-22,29,31-33,39H,1,3,9,12-13,15-16,18-19,23-25H2,2H3,(H,48,54). The topological polar surface area (TPSA) is 148 Å². The van der Waals surface area contributed by atoms with E-state index in [1.807, 2.05) is 35.6 Å². The van der Waals surface area contributed by atoms with Gasteiger partial charge >= 0.3 is 0 Å². The lowest BCUT2D eigenvalue weighted by Gasteiger charge is -2.41. The molecule has 14 nitrogen and oxygen atoms in total. The summed E-state index contributed by atoms with van der Waals surface area (Å²) in [6.07, 6.45) is 9.93. The first kappa shape index (κ1) is 37.2. The number of nitrogens with zero attached hydrogens (tertiary/aromatic N) is 6. The number of carbonyl (C=O) groups is 4. The number of aromatic nitrogens is 3. The Morgan fingerprint density at radius 1 is 0.814 bits per heavy atom. The first-order chi connectivity index (χ1) is 28.6. The fraction of sp³-hybridized carbons (Fsp3) is 0.378. The van der Waals surface area contributed by atoms with Crippen LogP contribution in [-0.4, -0.2) is 116 Å². The summed E-state index contributed by atoms with van der Waals surface area (Å²) in [5, 5.41) is 4.98. The van der Waals surface area contributed by atoms with Crippen molar-refractivity contribution in [1.82, 2.24) is 34.6 Å². The fourth-order valence-electron chi connectivity index (χ4n) is 9.08. The van der Waals surface area contributed by atoms with E-state index in [0.29, 0.717) is 62.9 Å². The van der Waals surface area contributed by atoms with E-state index >= 15 is 0 Å². The lowest BCUT2D eigenvalue weighted by molar-refractivity contribution is -0.141. The van der Waals surface area contributed by atoms with Gasteiger partial charge in [0.05, 0.1) is 35.4 Å². The van der Waals surface area contributed by atoms with Crippen LogP contribution in [0.1, 0.15) is 59.2 Å². The second kappa shape index (κ2) is 14.9. The number of nitrogens with one attached hydrogen (secondary N) is 1. The number of ether oxygens (including phenoxy) is 3. The monoisotopic (exact) mass is 795 g/mol. The van der Waals surface area contributed by atoms with Crippen molar-refractivity contribution in [3.05, 3.63) is 96.6 Å². The molecular formula is C45H45N7O7. The molecule has 1 atom stereocenters. The van der Waals surface area contributed by atoms with Crippen molar-refractivity contribution in [3.63, 3.8) is 0 Å². The third-order valence-electron chi connectivity index (χ3n) is 12.5. The maximum atomic E-state index is 13.2. The van der Waals surface area contributed by atoms with Gasteiger partial charge in [0.1, 0.15) is 24.0 Å². The molecule has 0 radical (unpaired) electrons. The van der Waals surface area contributed by atoms with Crippen LogP contribution in [0.4, 0.5) is 0 Å². The van der Waals surface area contributed by atoms with Crippen LogP contribution in [0, 0.1) is 0 Å². The number of benzene rings is 2. The molecule has 1 saturated carbocycles. The molecule has 59 heavy (non-hydrogen) atoms. The Morgan fingerprint density at radius 2 is 1.61 bits per heavy atom. The molecule has 2 aromatic carbocycles. The minimum absolute atomic E-state index is 0.0716. The van der Waals surface area contributed by atoms with Gasteiger partial charge in [-0.15, -0.1) is 0 Å². The van der Waals surface area contributed by atoms with E-state index in [0.717, 1.165) is 58.1 Å². The fourth-order valence-corrected chi connectivity index (χ4v) is 9.08. The van der Waals surface area contributed by atoms with E-state index in [-0.39, 0.29) is 41.4 Å². The van der Waals surface area contributed by atoms with Gasteiger partial charge in [-0.05, 0) is 67.6 Å². The summed E-state index contributed by atoms with van der Waals surface area (Å²) in [6, 6.07) is 16.5. The van der Waals surface area contributed by atoms with Crippen molar-refractivity contribution in [2.24, 2.45) is 7.05 Å². The largest absolute Gasteiger partial charge is 0.488 e. The minimum atomic E-state index is -0.859. The predicted molar refractivity (Wildman–Crippen MR) is 218 cm³/mol. The zero-order valence-corrected chi connectivity index (χ0v) is 32.8. The molecule has 4 aliphatic heterocycles. The summed E-state index contributed by atoms with van der Waals surface area (Å²) in [6.45, 7) is 6.59. The molecule has 1 N–H and O–H groups in total. The van der Waals surface area contributed by atoms with Gasteiger partial charge < -0.3 is 29.0 Å². The van der Waals surface area contributed by atoms with E-state index in [1.165, 1.54) is 5.39 Å². The number of fused-ring (bicyclic) bond motifs is 4. The highest BCUT2D eigenvalue weighted by Crippen LogP contribution is 2.35. The highest BCUT2D eigenvalue weighted by Gasteiger charge is 2.44. The third kappa shape index (κ3) is 6.99. The van der Waals surface area contributed by atoms with Gasteiger partial charge in [0.15, 0.2) is 0 Å². The molecule has 0 bridgehead atoms. The molecule has 5 aromatic rings.